The third-order valence-corrected chi connectivity index (χ3v) is 1.96. The van der Waals surface area contributed by atoms with E-state index in [0.29, 0.717) is 5.82 Å². The molecule has 0 aliphatic carbocycles. The van der Waals surface area contributed by atoms with Gasteiger partial charge in [0.25, 0.3) is 0 Å². The summed E-state index contributed by atoms with van der Waals surface area (Å²) in [5.41, 5.74) is 1.73. The lowest BCUT2D eigenvalue weighted by atomic mass is 10.4. The molecule has 0 amide bonds. The number of hydrogen-bond donors (Lipinski definition) is 1. The molecule has 0 aliphatic heterocycles. The van der Waals surface area contributed by atoms with Crippen molar-refractivity contribution in [3.63, 3.8) is 0 Å². The second kappa shape index (κ2) is 2.63. The summed E-state index contributed by atoms with van der Waals surface area (Å²) in [5, 5.41) is 4.01. The molecule has 3 rings (SSSR count). The van der Waals surface area contributed by atoms with E-state index in [1.807, 2.05) is 12.3 Å². The maximum Gasteiger partial charge on any atom is 0.182 e. The Morgan fingerprint density at radius 1 is 1.21 bits per heavy atom. The number of fused-ring (bicyclic) bond motifs is 1. The van der Waals surface area contributed by atoms with Crippen LogP contribution in [0.5, 0.6) is 0 Å². The largest absolute Gasteiger partial charge is 0.357 e. The van der Waals surface area contributed by atoms with Crippen LogP contribution in [-0.4, -0.2) is 29.7 Å². The number of nitrogens with one attached hydrogen (secondary N) is 1. The highest BCUT2D eigenvalue weighted by atomic mass is 15.3. The van der Waals surface area contributed by atoms with Gasteiger partial charge in [-0.05, 0) is 6.07 Å². The average Bonchev–Trinajstić information content (AvgIpc) is 2.88. The summed E-state index contributed by atoms with van der Waals surface area (Å²) in [5.74, 6) is 0.706. The van der Waals surface area contributed by atoms with E-state index in [1.165, 1.54) is 12.7 Å². The molecule has 0 spiro atoms. The molecule has 0 saturated heterocycles. The number of hydrogen-bond acceptors (Lipinski definition) is 4. The van der Waals surface area contributed by atoms with Crippen LogP contribution in [0.25, 0.3) is 16.9 Å². The summed E-state index contributed by atoms with van der Waals surface area (Å²) < 4.78 is 1.60. The zero-order valence-electron chi connectivity index (χ0n) is 7.12. The first kappa shape index (κ1) is 7.19. The van der Waals surface area contributed by atoms with E-state index in [4.69, 9.17) is 0 Å². The Bertz CT molecular complexity index is 552. The minimum atomic E-state index is 0.706. The van der Waals surface area contributed by atoms with Crippen LogP contribution in [0.15, 0.2) is 31.2 Å². The highest BCUT2D eigenvalue weighted by Crippen LogP contribution is 2.14. The van der Waals surface area contributed by atoms with E-state index >= 15 is 0 Å². The van der Waals surface area contributed by atoms with Crippen LogP contribution in [0.3, 0.4) is 0 Å². The van der Waals surface area contributed by atoms with Crippen LogP contribution in [0.1, 0.15) is 0 Å². The van der Waals surface area contributed by atoms with Gasteiger partial charge in [0.2, 0.25) is 0 Å². The van der Waals surface area contributed by atoms with Crippen LogP contribution >= 0.6 is 0 Å². The lowest BCUT2D eigenvalue weighted by Gasteiger charge is -1.99. The minimum absolute atomic E-state index is 0.706. The quantitative estimate of drug-likeness (QED) is 0.602. The van der Waals surface area contributed by atoms with Gasteiger partial charge in [-0.1, -0.05) is 0 Å². The molecule has 0 bridgehead atoms. The fraction of sp³-hybridized carbons (Fsp3) is 0. The van der Waals surface area contributed by atoms with Crippen LogP contribution in [0.2, 0.25) is 0 Å². The number of aromatic nitrogens is 6. The maximum absolute atomic E-state index is 4.14. The van der Waals surface area contributed by atoms with E-state index in [-0.39, 0.29) is 0 Å². The van der Waals surface area contributed by atoms with Gasteiger partial charge in [0.05, 0.1) is 5.52 Å². The zero-order chi connectivity index (χ0) is 9.38. The molecule has 3 aromatic heterocycles. The van der Waals surface area contributed by atoms with Gasteiger partial charge in [0, 0.05) is 6.20 Å². The van der Waals surface area contributed by atoms with E-state index in [1.54, 1.807) is 11.0 Å². The smallest absolute Gasteiger partial charge is 0.182 e. The average molecular weight is 186 g/mol. The molecule has 0 unspecified atom stereocenters. The molecule has 0 saturated carbocycles. The molecule has 0 aliphatic rings. The first-order valence-corrected chi connectivity index (χ1v) is 4.08. The molecular formula is C8H6N6. The van der Waals surface area contributed by atoms with E-state index < -0.39 is 0 Å². The summed E-state index contributed by atoms with van der Waals surface area (Å²) in [4.78, 5) is 15.2. The molecule has 68 valence electrons. The topological polar surface area (TPSA) is 72.3 Å². The molecule has 0 aromatic carbocycles. The lowest BCUT2D eigenvalue weighted by molar-refractivity contribution is 0.847. The van der Waals surface area contributed by atoms with Crippen molar-refractivity contribution < 1.29 is 0 Å². The highest BCUT2D eigenvalue weighted by Gasteiger charge is 2.05. The van der Waals surface area contributed by atoms with Crippen molar-refractivity contribution in [1.82, 2.24) is 29.7 Å². The Morgan fingerprint density at radius 3 is 3.07 bits per heavy atom. The zero-order valence-corrected chi connectivity index (χ0v) is 7.12. The molecule has 0 atom stereocenters. The number of H-pyrrole nitrogens is 1. The Hall–Kier alpha value is -2.24. The van der Waals surface area contributed by atoms with Crippen molar-refractivity contribution in [2.45, 2.75) is 0 Å². The van der Waals surface area contributed by atoms with E-state index in [9.17, 15) is 0 Å². The van der Waals surface area contributed by atoms with Gasteiger partial charge in [-0.15, -0.1) is 0 Å². The van der Waals surface area contributed by atoms with Crippen molar-refractivity contribution in [3.05, 3.63) is 31.2 Å². The summed E-state index contributed by atoms with van der Waals surface area (Å²) in [6.45, 7) is 0. The first-order valence-electron chi connectivity index (χ1n) is 4.08. The molecule has 14 heavy (non-hydrogen) atoms. The molecule has 6 heteroatoms. The second-order valence-electron chi connectivity index (χ2n) is 2.78. The van der Waals surface area contributed by atoms with Crippen molar-refractivity contribution in [1.29, 1.82) is 0 Å². The van der Waals surface area contributed by atoms with Gasteiger partial charge in [0.15, 0.2) is 5.82 Å². The van der Waals surface area contributed by atoms with Gasteiger partial charge in [0.1, 0.15) is 24.5 Å². The minimum Gasteiger partial charge on any atom is -0.357 e. The first-order chi connectivity index (χ1) is 6.95. The predicted octanol–water partition coefficient (Wildman–Crippen LogP) is 0.539. The van der Waals surface area contributed by atoms with Crippen molar-refractivity contribution in [3.8, 4) is 5.82 Å². The number of nitrogens with zero attached hydrogens (tertiary/aromatic N) is 5. The third kappa shape index (κ3) is 0.905. The summed E-state index contributed by atoms with van der Waals surface area (Å²) in [6.07, 6.45) is 6.40. The van der Waals surface area contributed by atoms with Crippen LogP contribution < -0.4 is 0 Å². The van der Waals surface area contributed by atoms with Crippen molar-refractivity contribution in [2.75, 3.05) is 0 Å². The summed E-state index contributed by atoms with van der Waals surface area (Å²) in [7, 11) is 0. The van der Waals surface area contributed by atoms with Gasteiger partial charge in [-0.3, -0.25) is 0 Å². The molecule has 3 aromatic rings. The normalized spacial score (nSPS) is 10.9. The summed E-state index contributed by atoms with van der Waals surface area (Å²) in [6, 6.07) is 1.89. The van der Waals surface area contributed by atoms with Crippen LogP contribution in [0.4, 0.5) is 0 Å². The van der Waals surface area contributed by atoms with Gasteiger partial charge in [-0.25, -0.2) is 19.6 Å². The van der Waals surface area contributed by atoms with Crippen LogP contribution in [0, 0.1) is 0 Å². The van der Waals surface area contributed by atoms with E-state index in [0.717, 1.165) is 11.0 Å². The molecule has 6 nitrogen and oxygen atoms in total. The Balaban J connectivity index is 2.36. The van der Waals surface area contributed by atoms with E-state index in [2.05, 4.69) is 25.0 Å². The van der Waals surface area contributed by atoms with Gasteiger partial charge < -0.3 is 4.98 Å². The Morgan fingerprint density at radius 2 is 2.21 bits per heavy atom. The standard InChI is InChI=1S/C8H6N6/c1-2-10-7-6(1)11-4-12-8(7)14-5-9-3-13-14/h1-5,10H. The molecule has 1 N–H and O–H groups in total. The molecular weight excluding hydrogens is 180 g/mol. The number of aromatic amines is 1. The second-order valence-corrected chi connectivity index (χ2v) is 2.78. The Labute approximate surface area is 78.6 Å². The van der Waals surface area contributed by atoms with Crippen LogP contribution in [-0.2, 0) is 0 Å². The van der Waals surface area contributed by atoms with Gasteiger partial charge >= 0.3 is 0 Å². The fourth-order valence-corrected chi connectivity index (χ4v) is 1.35. The fourth-order valence-electron chi connectivity index (χ4n) is 1.35. The molecule has 3 heterocycles. The Kier molecular flexibility index (Phi) is 1.35. The van der Waals surface area contributed by atoms with Crippen molar-refractivity contribution in [2.24, 2.45) is 0 Å². The van der Waals surface area contributed by atoms with Gasteiger partial charge in [-0.2, -0.15) is 5.10 Å². The molecule has 0 fully saturated rings. The lowest BCUT2D eigenvalue weighted by Crippen LogP contribution is -1.99. The SMILES string of the molecule is c1nc(-n2cncn2)c2[nH]ccc2n1. The maximum atomic E-state index is 4.14. The van der Waals surface area contributed by atoms with Crippen molar-refractivity contribution >= 4 is 11.0 Å². The monoisotopic (exact) mass is 186 g/mol. The number of rotatable bonds is 1. The summed E-state index contributed by atoms with van der Waals surface area (Å²) >= 11 is 0. The highest BCUT2D eigenvalue weighted by molar-refractivity contribution is 5.81. The predicted molar refractivity (Wildman–Crippen MR) is 48.8 cm³/mol. The molecule has 0 radical (unpaired) electrons. The third-order valence-electron chi connectivity index (χ3n) is 1.96.